The number of hydrogen-bond acceptors (Lipinski definition) is 6. The lowest BCUT2D eigenvalue weighted by Crippen LogP contribution is -2.23. The number of nitrogens with zero attached hydrogens (tertiary/aromatic N) is 2. The third-order valence-electron chi connectivity index (χ3n) is 3.97. The largest absolute Gasteiger partial charge is 0.360 e. The van der Waals surface area contributed by atoms with Gasteiger partial charge in [-0.2, -0.15) is 0 Å². The minimum Gasteiger partial charge on any atom is -0.360 e. The highest BCUT2D eigenvalue weighted by molar-refractivity contribution is 7.13. The van der Waals surface area contributed by atoms with Gasteiger partial charge in [-0.1, -0.05) is 46.2 Å². The Hall–Kier alpha value is -2.90. The summed E-state index contributed by atoms with van der Waals surface area (Å²) in [4.78, 5) is 13.7. The number of benzene rings is 1. The molecule has 0 fully saturated rings. The Balaban J connectivity index is 1.53. The molecule has 0 spiro atoms. The van der Waals surface area contributed by atoms with Crippen molar-refractivity contribution in [3.63, 3.8) is 0 Å². The molecule has 0 bridgehead atoms. The van der Waals surface area contributed by atoms with Crippen molar-refractivity contribution in [3.8, 4) is 21.9 Å². The molecular weight excluding hydrogens is 386 g/mol. The van der Waals surface area contributed by atoms with Crippen molar-refractivity contribution in [2.75, 3.05) is 0 Å². The predicted octanol–water partition coefficient (Wildman–Crippen LogP) is 4.95. The summed E-state index contributed by atoms with van der Waals surface area (Å²) >= 11 is 7.79. The smallest absolute Gasteiger partial charge is 0.257 e. The van der Waals surface area contributed by atoms with Crippen LogP contribution in [0.3, 0.4) is 0 Å². The van der Waals surface area contributed by atoms with Crippen LogP contribution < -0.4 is 5.32 Å². The van der Waals surface area contributed by atoms with Gasteiger partial charge in [-0.25, -0.2) is 0 Å². The lowest BCUT2D eigenvalue weighted by Gasteiger charge is -2.05. The Morgan fingerprint density at radius 1 is 1.19 bits per heavy atom. The quantitative estimate of drug-likeness (QED) is 0.513. The van der Waals surface area contributed by atoms with Crippen molar-refractivity contribution in [2.24, 2.45) is 0 Å². The number of carbonyl (C=O) groups is 1. The van der Waals surface area contributed by atoms with E-state index in [2.05, 4.69) is 15.6 Å². The molecular formula is C19H14ClN3O3S. The van der Waals surface area contributed by atoms with Crippen LogP contribution in [0.4, 0.5) is 0 Å². The number of aromatic nitrogens is 2. The van der Waals surface area contributed by atoms with Crippen molar-refractivity contribution in [1.82, 2.24) is 15.6 Å². The molecule has 0 radical (unpaired) electrons. The van der Waals surface area contributed by atoms with Crippen LogP contribution in [0.25, 0.3) is 21.9 Å². The fourth-order valence-electron chi connectivity index (χ4n) is 2.67. The number of carbonyl (C=O) groups excluding carboxylic acids is 1. The first-order valence-electron chi connectivity index (χ1n) is 8.12. The highest BCUT2D eigenvalue weighted by Crippen LogP contribution is 2.31. The first-order valence-corrected chi connectivity index (χ1v) is 9.38. The molecule has 4 aromatic rings. The highest BCUT2D eigenvalue weighted by Gasteiger charge is 2.23. The molecule has 0 aliphatic rings. The second-order valence-corrected chi connectivity index (χ2v) is 7.14. The monoisotopic (exact) mass is 399 g/mol. The molecule has 0 aliphatic carbocycles. The molecule has 136 valence electrons. The van der Waals surface area contributed by atoms with Gasteiger partial charge in [0.2, 0.25) is 0 Å². The second-order valence-electron chi connectivity index (χ2n) is 5.78. The van der Waals surface area contributed by atoms with E-state index in [1.54, 1.807) is 30.4 Å². The molecule has 27 heavy (non-hydrogen) atoms. The molecule has 0 aliphatic heterocycles. The van der Waals surface area contributed by atoms with E-state index in [1.807, 2.05) is 35.7 Å². The molecule has 6 nitrogen and oxygen atoms in total. The van der Waals surface area contributed by atoms with Gasteiger partial charge in [0.25, 0.3) is 5.91 Å². The van der Waals surface area contributed by atoms with E-state index in [4.69, 9.17) is 20.6 Å². The van der Waals surface area contributed by atoms with Gasteiger partial charge < -0.3 is 14.4 Å². The molecule has 3 heterocycles. The summed E-state index contributed by atoms with van der Waals surface area (Å²) in [7, 11) is 0. The summed E-state index contributed by atoms with van der Waals surface area (Å²) in [6.07, 6.45) is 0. The van der Waals surface area contributed by atoms with Gasteiger partial charge in [0, 0.05) is 11.6 Å². The van der Waals surface area contributed by atoms with Crippen LogP contribution in [-0.2, 0) is 6.54 Å². The van der Waals surface area contributed by atoms with Gasteiger partial charge in [0.15, 0.2) is 5.76 Å². The van der Waals surface area contributed by atoms with E-state index < -0.39 is 0 Å². The van der Waals surface area contributed by atoms with E-state index >= 15 is 0 Å². The molecule has 4 rings (SSSR count). The van der Waals surface area contributed by atoms with E-state index in [0.29, 0.717) is 39.1 Å². The normalized spacial score (nSPS) is 10.9. The van der Waals surface area contributed by atoms with Crippen LogP contribution in [0.1, 0.15) is 21.8 Å². The van der Waals surface area contributed by atoms with Crippen LogP contribution in [0.2, 0.25) is 5.02 Å². The zero-order valence-electron chi connectivity index (χ0n) is 14.2. The predicted molar refractivity (Wildman–Crippen MR) is 103 cm³/mol. The standard InChI is InChI=1S/C19H14ClN3O3S/c1-11-17(18(23-25-11)13-5-2-3-6-14(13)20)19(24)21-10-12-9-15(26-22-12)16-7-4-8-27-16/h2-9H,10H2,1H3,(H,21,24). The van der Waals surface area contributed by atoms with Crippen LogP contribution in [-0.4, -0.2) is 16.2 Å². The molecule has 0 saturated carbocycles. The first kappa shape index (κ1) is 17.5. The third kappa shape index (κ3) is 3.51. The maximum absolute atomic E-state index is 12.7. The van der Waals surface area contributed by atoms with E-state index in [9.17, 15) is 4.79 Å². The molecule has 8 heteroatoms. The van der Waals surface area contributed by atoms with Gasteiger partial charge >= 0.3 is 0 Å². The van der Waals surface area contributed by atoms with Crippen molar-refractivity contribution in [1.29, 1.82) is 0 Å². The topological polar surface area (TPSA) is 81.2 Å². The van der Waals surface area contributed by atoms with Crippen LogP contribution in [0, 0.1) is 6.92 Å². The number of amides is 1. The van der Waals surface area contributed by atoms with Gasteiger partial charge in [-0.05, 0) is 24.4 Å². The Bertz CT molecular complexity index is 1090. The van der Waals surface area contributed by atoms with Crippen LogP contribution in [0.15, 0.2) is 56.9 Å². The number of aryl methyl sites for hydroxylation is 1. The van der Waals surface area contributed by atoms with Gasteiger partial charge in [-0.15, -0.1) is 11.3 Å². The number of thiophene rings is 1. The Morgan fingerprint density at radius 3 is 2.81 bits per heavy atom. The van der Waals surface area contributed by atoms with E-state index in [1.165, 1.54) is 0 Å². The van der Waals surface area contributed by atoms with Crippen molar-refractivity contribution in [3.05, 3.63) is 69.9 Å². The third-order valence-corrected chi connectivity index (χ3v) is 5.19. The minimum atomic E-state index is -0.315. The van der Waals surface area contributed by atoms with E-state index in [-0.39, 0.29) is 12.5 Å². The average molecular weight is 400 g/mol. The SMILES string of the molecule is Cc1onc(-c2ccccc2Cl)c1C(=O)NCc1cc(-c2cccs2)on1. The molecule has 0 unspecified atom stereocenters. The minimum absolute atomic E-state index is 0.223. The van der Waals surface area contributed by atoms with Crippen molar-refractivity contribution in [2.45, 2.75) is 13.5 Å². The summed E-state index contributed by atoms with van der Waals surface area (Å²) < 4.78 is 10.6. The zero-order chi connectivity index (χ0) is 18.8. The van der Waals surface area contributed by atoms with E-state index in [0.717, 1.165) is 4.88 Å². The molecule has 1 amide bonds. The van der Waals surface area contributed by atoms with Crippen LogP contribution in [0.5, 0.6) is 0 Å². The summed E-state index contributed by atoms with van der Waals surface area (Å²) in [5.41, 5.74) is 2.03. The molecule has 0 saturated heterocycles. The van der Waals surface area contributed by atoms with Crippen LogP contribution >= 0.6 is 22.9 Å². The molecule has 1 aromatic carbocycles. The number of rotatable bonds is 5. The summed E-state index contributed by atoms with van der Waals surface area (Å²) in [6.45, 7) is 1.91. The second kappa shape index (κ2) is 7.38. The zero-order valence-corrected chi connectivity index (χ0v) is 15.8. The van der Waals surface area contributed by atoms with Gasteiger partial charge in [-0.3, -0.25) is 4.79 Å². The summed E-state index contributed by atoms with van der Waals surface area (Å²) in [5.74, 6) is 0.776. The van der Waals surface area contributed by atoms with Crippen molar-refractivity contribution >= 4 is 28.8 Å². The number of hydrogen-bond donors (Lipinski definition) is 1. The summed E-state index contributed by atoms with van der Waals surface area (Å²) in [5, 5.41) is 13.3. The highest BCUT2D eigenvalue weighted by atomic mass is 35.5. The summed E-state index contributed by atoms with van der Waals surface area (Å²) in [6, 6.07) is 12.9. The van der Waals surface area contributed by atoms with Gasteiger partial charge in [0.05, 0.1) is 16.4 Å². The fourth-order valence-corrected chi connectivity index (χ4v) is 3.56. The fraction of sp³-hybridized carbons (Fsp3) is 0.105. The van der Waals surface area contributed by atoms with Gasteiger partial charge in [0.1, 0.15) is 22.7 Å². The Labute approximate surface area is 163 Å². The molecule has 1 N–H and O–H groups in total. The first-order chi connectivity index (χ1) is 13.1. The number of halogens is 1. The lowest BCUT2D eigenvalue weighted by molar-refractivity contribution is 0.0949. The van der Waals surface area contributed by atoms with Crippen molar-refractivity contribution < 1.29 is 13.8 Å². The molecule has 0 atom stereocenters. The number of nitrogens with one attached hydrogen (secondary N) is 1. The maximum Gasteiger partial charge on any atom is 0.257 e. The average Bonchev–Trinajstić information content (AvgIpc) is 3.40. The lowest BCUT2D eigenvalue weighted by atomic mass is 10.1. The Kier molecular flexibility index (Phi) is 4.79. The molecule has 3 aromatic heterocycles. The Morgan fingerprint density at radius 2 is 2.04 bits per heavy atom. The maximum atomic E-state index is 12.7.